The summed E-state index contributed by atoms with van der Waals surface area (Å²) < 4.78 is 1.66. The van der Waals surface area contributed by atoms with Gasteiger partial charge in [-0.2, -0.15) is 5.10 Å². The second-order valence-electron chi connectivity index (χ2n) is 4.50. The van der Waals surface area contributed by atoms with Gasteiger partial charge < -0.3 is 10.0 Å². The van der Waals surface area contributed by atoms with E-state index < -0.39 is 11.9 Å². The molecule has 106 valence electrons. The molecule has 7 nitrogen and oxygen atoms in total. The summed E-state index contributed by atoms with van der Waals surface area (Å²) in [6.07, 6.45) is 0. The van der Waals surface area contributed by atoms with E-state index in [1.807, 2.05) is 6.92 Å². The fourth-order valence-electron chi connectivity index (χ4n) is 1.57. The summed E-state index contributed by atoms with van der Waals surface area (Å²) in [5.74, 6) is -1.05. The lowest BCUT2D eigenvalue weighted by atomic mass is 10.2. The third kappa shape index (κ3) is 3.97. The van der Waals surface area contributed by atoms with E-state index in [4.69, 9.17) is 5.11 Å². The van der Waals surface area contributed by atoms with Crippen molar-refractivity contribution in [2.24, 2.45) is 13.0 Å². The van der Waals surface area contributed by atoms with Crippen molar-refractivity contribution in [3.63, 3.8) is 0 Å². The number of aromatic nitrogens is 2. The van der Waals surface area contributed by atoms with Gasteiger partial charge in [0.05, 0.1) is 5.92 Å². The molecule has 19 heavy (non-hydrogen) atoms. The Labute approximate surface area is 112 Å². The minimum Gasteiger partial charge on any atom is -0.481 e. The molecule has 2 N–H and O–H groups in total. The van der Waals surface area contributed by atoms with Crippen molar-refractivity contribution in [1.29, 1.82) is 0 Å². The highest BCUT2D eigenvalue weighted by Gasteiger charge is 2.19. The first-order valence-electron chi connectivity index (χ1n) is 6.14. The Morgan fingerprint density at radius 3 is 2.63 bits per heavy atom. The minimum atomic E-state index is -0.917. The first-order valence-corrected chi connectivity index (χ1v) is 6.14. The van der Waals surface area contributed by atoms with Gasteiger partial charge in [-0.05, 0) is 13.8 Å². The van der Waals surface area contributed by atoms with Crippen LogP contribution in [-0.4, -0.2) is 44.9 Å². The van der Waals surface area contributed by atoms with Crippen molar-refractivity contribution in [3.05, 3.63) is 11.8 Å². The molecule has 1 aromatic heterocycles. The van der Waals surface area contributed by atoms with E-state index in [1.54, 1.807) is 31.6 Å². The van der Waals surface area contributed by atoms with Gasteiger partial charge in [-0.15, -0.1) is 0 Å². The third-order valence-corrected chi connectivity index (χ3v) is 2.93. The van der Waals surface area contributed by atoms with Crippen molar-refractivity contribution in [2.75, 3.05) is 18.4 Å². The van der Waals surface area contributed by atoms with Gasteiger partial charge in [-0.25, -0.2) is 4.79 Å². The van der Waals surface area contributed by atoms with Gasteiger partial charge in [0.1, 0.15) is 0 Å². The smallest absolute Gasteiger partial charge is 0.323 e. The Kier molecular flexibility index (Phi) is 4.91. The van der Waals surface area contributed by atoms with E-state index in [1.165, 1.54) is 4.90 Å². The number of carboxylic acid groups (broad SMARTS) is 1. The van der Waals surface area contributed by atoms with Crippen molar-refractivity contribution in [1.82, 2.24) is 14.7 Å². The average Bonchev–Trinajstić information content (AvgIpc) is 2.64. The normalized spacial score (nSPS) is 12.0. The number of urea groups is 1. The topological polar surface area (TPSA) is 87.5 Å². The molecule has 7 heteroatoms. The molecule has 1 atom stereocenters. The zero-order valence-electron chi connectivity index (χ0n) is 11.7. The zero-order chi connectivity index (χ0) is 14.6. The van der Waals surface area contributed by atoms with Crippen LogP contribution in [0.1, 0.15) is 19.5 Å². The first kappa shape index (κ1) is 15.0. The number of hydrogen-bond donors (Lipinski definition) is 2. The molecule has 0 aromatic carbocycles. The van der Waals surface area contributed by atoms with Crippen LogP contribution in [0.4, 0.5) is 10.6 Å². The summed E-state index contributed by atoms with van der Waals surface area (Å²) in [6, 6.07) is 1.42. The molecule has 0 aliphatic heterocycles. The Morgan fingerprint density at radius 2 is 2.21 bits per heavy atom. The van der Waals surface area contributed by atoms with E-state index >= 15 is 0 Å². The fourth-order valence-corrected chi connectivity index (χ4v) is 1.57. The quantitative estimate of drug-likeness (QED) is 0.842. The lowest BCUT2D eigenvalue weighted by molar-refractivity contribution is -0.141. The number of nitrogens with one attached hydrogen (secondary N) is 1. The van der Waals surface area contributed by atoms with Crippen molar-refractivity contribution in [2.45, 2.75) is 20.8 Å². The van der Waals surface area contributed by atoms with Gasteiger partial charge in [-0.1, -0.05) is 6.92 Å². The van der Waals surface area contributed by atoms with Crippen LogP contribution in [-0.2, 0) is 11.8 Å². The van der Waals surface area contributed by atoms with Crippen molar-refractivity contribution < 1.29 is 14.7 Å². The molecule has 1 heterocycles. The van der Waals surface area contributed by atoms with Gasteiger partial charge in [-0.3, -0.25) is 14.8 Å². The molecule has 0 aliphatic carbocycles. The highest BCUT2D eigenvalue weighted by molar-refractivity contribution is 5.88. The summed E-state index contributed by atoms with van der Waals surface area (Å²) in [7, 11) is 1.79. The Bertz CT molecular complexity index is 450. The molecule has 0 fully saturated rings. The maximum absolute atomic E-state index is 12.0. The summed E-state index contributed by atoms with van der Waals surface area (Å²) in [6.45, 7) is 5.87. The number of hydrogen-bond acceptors (Lipinski definition) is 3. The molecule has 0 bridgehead atoms. The zero-order valence-corrected chi connectivity index (χ0v) is 11.7. The number of aliphatic carboxylic acids is 1. The predicted octanol–water partition coefficient (Wildman–Crippen LogP) is 1.30. The SMILES string of the molecule is CCN(CC(C)C(=O)O)C(=O)Nc1cc(C)n(C)n1. The van der Waals surface area contributed by atoms with Crippen LogP contribution >= 0.6 is 0 Å². The summed E-state index contributed by atoms with van der Waals surface area (Å²) in [5, 5.41) is 15.6. The molecule has 1 rings (SSSR count). The number of rotatable bonds is 5. The van der Waals surface area contributed by atoms with Crippen molar-refractivity contribution in [3.8, 4) is 0 Å². The highest BCUT2D eigenvalue weighted by Crippen LogP contribution is 2.09. The van der Waals surface area contributed by atoms with E-state index in [2.05, 4.69) is 10.4 Å². The van der Waals surface area contributed by atoms with Crippen LogP contribution in [0.25, 0.3) is 0 Å². The average molecular weight is 268 g/mol. The Balaban J connectivity index is 2.66. The van der Waals surface area contributed by atoms with Crippen molar-refractivity contribution >= 4 is 17.8 Å². The van der Waals surface area contributed by atoms with E-state index in [9.17, 15) is 9.59 Å². The summed E-state index contributed by atoms with van der Waals surface area (Å²) >= 11 is 0. The van der Waals surface area contributed by atoms with Crippen LogP contribution in [0.5, 0.6) is 0 Å². The van der Waals surface area contributed by atoms with Crippen LogP contribution in [0, 0.1) is 12.8 Å². The Morgan fingerprint density at radius 1 is 1.58 bits per heavy atom. The van der Waals surface area contributed by atoms with E-state index in [0.29, 0.717) is 12.4 Å². The standard InChI is InChI=1S/C12H20N4O3/c1-5-16(7-8(2)11(17)18)12(19)13-10-6-9(3)15(4)14-10/h6,8H,5,7H2,1-4H3,(H,17,18)(H,13,14,19). The number of nitrogens with zero attached hydrogens (tertiary/aromatic N) is 3. The summed E-state index contributed by atoms with van der Waals surface area (Å²) in [4.78, 5) is 24.2. The number of carbonyl (C=O) groups is 2. The van der Waals surface area contributed by atoms with Crippen LogP contribution in [0.3, 0.4) is 0 Å². The molecule has 1 aromatic rings. The largest absolute Gasteiger partial charge is 0.481 e. The number of anilines is 1. The molecular formula is C12H20N4O3. The minimum absolute atomic E-state index is 0.170. The van der Waals surface area contributed by atoms with Crippen LogP contribution < -0.4 is 5.32 Å². The molecule has 1 unspecified atom stereocenters. The molecule has 0 radical (unpaired) electrons. The molecular weight excluding hydrogens is 248 g/mol. The second kappa shape index (κ2) is 6.21. The summed E-state index contributed by atoms with van der Waals surface area (Å²) in [5.41, 5.74) is 0.928. The highest BCUT2D eigenvalue weighted by atomic mass is 16.4. The molecule has 0 saturated heterocycles. The monoisotopic (exact) mass is 268 g/mol. The van der Waals surface area contributed by atoms with Gasteiger partial charge >= 0.3 is 12.0 Å². The maximum atomic E-state index is 12.0. The number of amides is 2. The lowest BCUT2D eigenvalue weighted by Crippen LogP contribution is -2.39. The van der Waals surface area contributed by atoms with Crippen LogP contribution in [0.2, 0.25) is 0 Å². The van der Waals surface area contributed by atoms with Gasteiger partial charge in [0.15, 0.2) is 5.82 Å². The number of carbonyl (C=O) groups excluding carboxylic acids is 1. The molecule has 0 saturated carbocycles. The third-order valence-electron chi connectivity index (χ3n) is 2.93. The molecule has 2 amide bonds. The number of aryl methyl sites for hydroxylation is 2. The first-order chi connectivity index (χ1) is 8.85. The van der Waals surface area contributed by atoms with E-state index in [0.717, 1.165) is 5.69 Å². The van der Waals surface area contributed by atoms with E-state index in [-0.39, 0.29) is 12.6 Å². The van der Waals surface area contributed by atoms with Gasteiger partial charge in [0, 0.05) is 31.9 Å². The van der Waals surface area contributed by atoms with Gasteiger partial charge in [0.2, 0.25) is 0 Å². The maximum Gasteiger partial charge on any atom is 0.323 e. The molecule has 0 aliphatic rings. The predicted molar refractivity (Wildman–Crippen MR) is 71.0 cm³/mol. The number of carboxylic acids is 1. The second-order valence-corrected chi connectivity index (χ2v) is 4.50. The Hall–Kier alpha value is -2.05. The van der Waals surface area contributed by atoms with Crippen LogP contribution in [0.15, 0.2) is 6.07 Å². The lowest BCUT2D eigenvalue weighted by Gasteiger charge is -2.22. The van der Waals surface area contributed by atoms with Gasteiger partial charge in [0.25, 0.3) is 0 Å². The molecule has 0 spiro atoms. The fraction of sp³-hybridized carbons (Fsp3) is 0.583.